The highest BCUT2D eigenvalue weighted by molar-refractivity contribution is 5.76. The number of hydrogen-bond acceptors (Lipinski definition) is 2. The van der Waals surface area contributed by atoms with E-state index in [1.54, 1.807) is 0 Å². The maximum Gasteiger partial charge on any atom is 0.311 e. The van der Waals surface area contributed by atoms with Crippen molar-refractivity contribution in [3.05, 3.63) is 65.2 Å². The van der Waals surface area contributed by atoms with Gasteiger partial charge in [-0.1, -0.05) is 49.4 Å². The number of benzene rings is 2. The lowest BCUT2D eigenvalue weighted by molar-refractivity contribution is -0.138. The van der Waals surface area contributed by atoms with Gasteiger partial charge in [0.25, 0.3) is 0 Å². The van der Waals surface area contributed by atoms with Gasteiger partial charge in [0.2, 0.25) is 0 Å². The topological polar surface area (TPSA) is 46.5 Å². The quantitative estimate of drug-likeness (QED) is 0.838. The highest BCUT2D eigenvalue weighted by Gasteiger charge is 2.21. The Bertz CT molecular complexity index is 617. The number of carboxylic acid groups (broad SMARTS) is 1. The molecule has 1 unspecified atom stereocenters. The highest BCUT2D eigenvalue weighted by Crippen LogP contribution is 2.27. The molecule has 0 aromatic heterocycles. The number of aliphatic carboxylic acids is 1. The van der Waals surface area contributed by atoms with Gasteiger partial charge in [-0.3, -0.25) is 4.79 Å². The van der Waals surface area contributed by atoms with E-state index in [1.807, 2.05) is 55.5 Å². The SMILES string of the molecule is CCOc1ccccc1CC(C(=O)O)c1ccc(CC)cc1. The van der Waals surface area contributed by atoms with E-state index in [9.17, 15) is 9.90 Å². The molecule has 0 heterocycles. The van der Waals surface area contributed by atoms with Crippen LogP contribution < -0.4 is 4.74 Å². The van der Waals surface area contributed by atoms with E-state index in [-0.39, 0.29) is 0 Å². The van der Waals surface area contributed by atoms with Crippen LogP contribution in [0.25, 0.3) is 0 Å². The van der Waals surface area contributed by atoms with Crippen LogP contribution in [0.1, 0.15) is 36.5 Å². The van der Waals surface area contributed by atoms with Crippen molar-refractivity contribution >= 4 is 5.97 Å². The summed E-state index contributed by atoms with van der Waals surface area (Å²) in [4.78, 5) is 11.7. The van der Waals surface area contributed by atoms with E-state index in [1.165, 1.54) is 5.56 Å². The summed E-state index contributed by atoms with van der Waals surface area (Å²) in [6, 6.07) is 15.5. The minimum atomic E-state index is -0.810. The van der Waals surface area contributed by atoms with Crippen LogP contribution in [0.4, 0.5) is 0 Å². The molecule has 0 spiro atoms. The molecule has 1 N–H and O–H groups in total. The summed E-state index contributed by atoms with van der Waals surface area (Å²) >= 11 is 0. The molecular weight excluding hydrogens is 276 g/mol. The van der Waals surface area contributed by atoms with Crippen molar-refractivity contribution in [1.82, 2.24) is 0 Å². The highest BCUT2D eigenvalue weighted by atomic mass is 16.5. The summed E-state index contributed by atoms with van der Waals surface area (Å²) < 4.78 is 5.60. The molecule has 1 atom stereocenters. The summed E-state index contributed by atoms with van der Waals surface area (Å²) in [6.07, 6.45) is 1.38. The van der Waals surface area contributed by atoms with Gasteiger partial charge in [-0.15, -0.1) is 0 Å². The van der Waals surface area contributed by atoms with Crippen molar-refractivity contribution in [1.29, 1.82) is 0 Å². The molecule has 0 amide bonds. The van der Waals surface area contributed by atoms with E-state index >= 15 is 0 Å². The van der Waals surface area contributed by atoms with Crippen LogP contribution >= 0.6 is 0 Å². The fourth-order valence-electron chi connectivity index (χ4n) is 2.52. The van der Waals surface area contributed by atoms with Gasteiger partial charge in [0.1, 0.15) is 5.75 Å². The summed E-state index contributed by atoms with van der Waals surface area (Å²) in [5, 5.41) is 9.59. The summed E-state index contributed by atoms with van der Waals surface area (Å²) in [5.41, 5.74) is 2.97. The van der Waals surface area contributed by atoms with Gasteiger partial charge in [-0.25, -0.2) is 0 Å². The zero-order chi connectivity index (χ0) is 15.9. The Balaban J connectivity index is 2.27. The molecule has 2 aromatic carbocycles. The average Bonchev–Trinajstić information content (AvgIpc) is 2.54. The van der Waals surface area contributed by atoms with Crippen LogP contribution in [-0.4, -0.2) is 17.7 Å². The number of aryl methyl sites for hydroxylation is 1. The molecule has 3 heteroatoms. The number of hydrogen-bond donors (Lipinski definition) is 1. The van der Waals surface area contributed by atoms with Crippen LogP contribution in [0.2, 0.25) is 0 Å². The number of carboxylic acids is 1. The van der Waals surface area contributed by atoms with Crippen molar-refractivity contribution in [2.45, 2.75) is 32.6 Å². The van der Waals surface area contributed by atoms with Crippen molar-refractivity contribution in [2.24, 2.45) is 0 Å². The standard InChI is InChI=1S/C19H22O3/c1-3-14-9-11-15(12-10-14)17(19(20)21)13-16-7-5-6-8-18(16)22-4-2/h5-12,17H,3-4,13H2,1-2H3,(H,20,21). The minimum absolute atomic E-state index is 0.428. The van der Waals surface area contributed by atoms with Crippen molar-refractivity contribution in [3.8, 4) is 5.75 Å². The predicted octanol–water partition coefficient (Wildman–Crippen LogP) is 4.06. The Labute approximate surface area is 131 Å². The van der Waals surface area contributed by atoms with Crippen LogP contribution in [0.15, 0.2) is 48.5 Å². The molecule has 116 valence electrons. The second-order valence-corrected chi connectivity index (χ2v) is 5.23. The Kier molecular flexibility index (Phi) is 5.59. The minimum Gasteiger partial charge on any atom is -0.494 e. The molecule has 2 aromatic rings. The fourth-order valence-corrected chi connectivity index (χ4v) is 2.52. The monoisotopic (exact) mass is 298 g/mol. The van der Waals surface area contributed by atoms with Crippen molar-refractivity contribution in [2.75, 3.05) is 6.61 Å². The smallest absolute Gasteiger partial charge is 0.311 e. The summed E-state index contributed by atoms with van der Waals surface area (Å²) in [6.45, 7) is 4.58. The third-order valence-electron chi connectivity index (χ3n) is 3.78. The molecule has 0 saturated carbocycles. The number of carbonyl (C=O) groups is 1. The van der Waals surface area contributed by atoms with Gasteiger partial charge in [0.05, 0.1) is 12.5 Å². The molecule has 0 fully saturated rings. The van der Waals surface area contributed by atoms with Gasteiger partial charge in [-0.2, -0.15) is 0 Å². The molecule has 0 aliphatic heterocycles. The van der Waals surface area contributed by atoms with Crippen LogP contribution in [-0.2, 0) is 17.6 Å². The first kappa shape index (κ1) is 16.1. The fraction of sp³-hybridized carbons (Fsp3) is 0.316. The Morgan fingerprint density at radius 3 is 2.36 bits per heavy atom. The normalized spacial score (nSPS) is 11.9. The van der Waals surface area contributed by atoms with Gasteiger partial charge in [0.15, 0.2) is 0 Å². The van der Waals surface area contributed by atoms with Crippen LogP contribution in [0.3, 0.4) is 0 Å². The van der Waals surface area contributed by atoms with Crippen LogP contribution in [0, 0.1) is 0 Å². The molecule has 2 rings (SSSR count). The first-order chi connectivity index (χ1) is 10.7. The van der Waals surface area contributed by atoms with Gasteiger partial charge >= 0.3 is 5.97 Å². The molecule has 0 aliphatic rings. The predicted molar refractivity (Wildman–Crippen MR) is 87.5 cm³/mol. The lowest BCUT2D eigenvalue weighted by Gasteiger charge is -2.16. The molecule has 0 bridgehead atoms. The molecular formula is C19H22O3. The van der Waals surface area contributed by atoms with E-state index < -0.39 is 11.9 Å². The third kappa shape index (κ3) is 3.88. The molecule has 3 nitrogen and oxygen atoms in total. The zero-order valence-corrected chi connectivity index (χ0v) is 13.1. The van der Waals surface area contributed by atoms with Gasteiger partial charge in [-0.05, 0) is 42.5 Å². The summed E-state index contributed by atoms with van der Waals surface area (Å²) in [5.74, 6) is -0.607. The van der Waals surface area contributed by atoms with E-state index in [0.717, 1.165) is 23.3 Å². The summed E-state index contributed by atoms with van der Waals surface area (Å²) in [7, 11) is 0. The lowest BCUT2D eigenvalue weighted by Crippen LogP contribution is -2.15. The molecule has 22 heavy (non-hydrogen) atoms. The van der Waals surface area contributed by atoms with Gasteiger partial charge < -0.3 is 9.84 Å². The zero-order valence-electron chi connectivity index (χ0n) is 13.1. The van der Waals surface area contributed by atoms with E-state index in [0.29, 0.717) is 13.0 Å². The van der Waals surface area contributed by atoms with Gasteiger partial charge in [0, 0.05) is 0 Å². The maximum atomic E-state index is 11.7. The van der Waals surface area contributed by atoms with Crippen molar-refractivity contribution < 1.29 is 14.6 Å². The maximum absolute atomic E-state index is 11.7. The molecule has 0 radical (unpaired) electrons. The first-order valence-electron chi connectivity index (χ1n) is 7.68. The Morgan fingerprint density at radius 2 is 1.77 bits per heavy atom. The second-order valence-electron chi connectivity index (χ2n) is 5.23. The molecule has 0 saturated heterocycles. The average molecular weight is 298 g/mol. The second kappa shape index (κ2) is 7.64. The van der Waals surface area contributed by atoms with E-state index in [2.05, 4.69) is 6.92 Å². The van der Waals surface area contributed by atoms with Crippen LogP contribution in [0.5, 0.6) is 5.75 Å². The number of rotatable bonds is 7. The largest absolute Gasteiger partial charge is 0.494 e. The van der Waals surface area contributed by atoms with Crippen molar-refractivity contribution in [3.63, 3.8) is 0 Å². The third-order valence-corrected chi connectivity index (χ3v) is 3.78. The Morgan fingerprint density at radius 1 is 1.09 bits per heavy atom. The van der Waals surface area contributed by atoms with E-state index in [4.69, 9.17) is 4.74 Å². The Hall–Kier alpha value is -2.29. The first-order valence-corrected chi connectivity index (χ1v) is 7.68. The number of para-hydroxylation sites is 1. The lowest BCUT2D eigenvalue weighted by atomic mass is 9.91. The molecule has 0 aliphatic carbocycles. The number of ether oxygens (including phenoxy) is 1.